The van der Waals surface area contributed by atoms with Gasteiger partial charge in [0, 0.05) is 10.0 Å². The fourth-order valence-electron chi connectivity index (χ4n) is 5.21. The molecule has 0 aliphatic rings. The monoisotopic (exact) mass is 866 g/mol. The van der Waals surface area contributed by atoms with Crippen LogP contribution in [0.4, 0.5) is 0 Å². The summed E-state index contributed by atoms with van der Waals surface area (Å²) in [5, 5.41) is 12.9. The number of thiazole rings is 4. The standard InChI is InChI=1S/C10H9NO3S.C10H9NO2S.C9H8BrNOS.C9H9NOS/c1-5-11-8-7(14-2)4-3-6(10(12)13)9(8)15-5;1-6-11-9-8(13-2)4-3-7(5-12)10(9)14-6;1-5-11-8-7(12-2)4-3-6(10)9(8)13-5;1-6-10-9-7(11-2)4-3-5-8(9)12-6/h3-4H,1-2H3,(H,12,13);3-5H,1-2H3;3-4H,1-2H3;3-5H,1-2H3. The summed E-state index contributed by atoms with van der Waals surface area (Å²) in [6.07, 6.45) is 0.847. The van der Waals surface area contributed by atoms with E-state index in [1.54, 1.807) is 75.4 Å². The third kappa shape index (κ3) is 8.96. The summed E-state index contributed by atoms with van der Waals surface area (Å²) in [6, 6.07) is 16.6. The van der Waals surface area contributed by atoms with Gasteiger partial charge in [-0.15, -0.1) is 45.3 Å². The van der Waals surface area contributed by atoms with Crippen molar-refractivity contribution in [1.82, 2.24) is 19.9 Å². The van der Waals surface area contributed by atoms with Gasteiger partial charge >= 0.3 is 5.97 Å². The minimum absolute atomic E-state index is 0.274. The van der Waals surface area contributed by atoms with Crippen molar-refractivity contribution in [2.75, 3.05) is 28.4 Å². The zero-order valence-electron chi connectivity index (χ0n) is 30.5. The van der Waals surface area contributed by atoms with Crippen LogP contribution < -0.4 is 18.9 Å². The number of methoxy groups -OCH3 is 4. The zero-order chi connectivity index (χ0) is 39.1. The predicted octanol–water partition coefficient (Wildman–Crippen LogP) is 10.7. The molecule has 0 saturated heterocycles. The Morgan fingerprint density at radius 2 is 1.04 bits per heavy atom. The highest BCUT2D eigenvalue weighted by molar-refractivity contribution is 9.10. The summed E-state index contributed by atoms with van der Waals surface area (Å²) in [6.45, 7) is 7.76. The predicted molar refractivity (Wildman–Crippen MR) is 224 cm³/mol. The first-order chi connectivity index (χ1) is 25.9. The quantitative estimate of drug-likeness (QED) is 0.160. The molecule has 0 fully saturated rings. The van der Waals surface area contributed by atoms with Crippen LogP contribution in [-0.4, -0.2) is 65.7 Å². The molecule has 0 amide bonds. The van der Waals surface area contributed by atoms with E-state index in [0.717, 1.165) is 74.0 Å². The van der Waals surface area contributed by atoms with Crippen LogP contribution in [0, 0.1) is 27.7 Å². The SMILES string of the molecule is COc1ccc(Br)c2sc(C)nc12.COc1ccc(C(=O)O)c2sc(C)nc12.COc1ccc(C=O)c2sc(C)nc12.COc1cccc2sc(C)nc12. The maximum absolute atomic E-state index is 11.0. The second-order valence-corrected chi connectivity index (χ2v) is 16.8. The number of benzene rings is 4. The molecule has 1 N–H and O–H groups in total. The van der Waals surface area contributed by atoms with Gasteiger partial charge in [-0.05, 0) is 92.2 Å². The molecule has 0 radical (unpaired) electrons. The van der Waals surface area contributed by atoms with E-state index in [2.05, 4.69) is 41.9 Å². The maximum Gasteiger partial charge on any atom is 0.337 e. The molecule has 8 rings (SSSR count). The fourth-order valence-corrected chi connectivity index (χ4v) is 9.31. The molecule has 0 bridgehead atoms. The number of aromatic carboxylic acids is 1. The van der Waals surface area contributed by atoms with E-state index in [1.165, 1.54) is 27.4 Å². The van der Waals surface area contributed by atoms with E-state index >= 15 is 0 Å². The molecular formula is C38H35BrN4O7S4. The Labute approximate surface area is 335 Å². The third-order valence-corrected chi connectivity index (χ3v) is 12.4. The van der Waals surface area contributed by atoms with E-state index in [1.807, 2.05) is 52.0 Å². The van der Waals surface area contributed by atoms with Gasteiger partial charge in [0.2, 0.25) is 0 Å². The topological polar surface area (TPSA) is 143 Å². The Hall–Kier alpha value is -4.74. The normalized spacial score (nSPS) is 10.5. The fraction of sp³-hybridized carbons (Fsp3) is 0.211. The molecule has 54 heavy (non-hydrogen) atoms. The average molecular weight is 868 g/mol. The van der Waals surface area contributed by atoms with Crippen LogP contribution in [0.25, 0.3) is 40.9 Å². The van der Waals surface area contributed by atoms with Gasteiger partial charge in [-0.3, -0.25) is 4.79 Å². The Morgan fingerprint density at radius 1 is 0.593 bits per heavy atom. The molecular weight excluding hydrogens is 833 g/mol. The number of hydrogen-bond donors (Lipinski definition) is 1. The van der Waals surface area contributed by atoms with Gasteiger partial charge in [0.15, 0.2) is 6.29 Å². The minimum atomic E-state index is -0.939. The van der Waals surface area contributed by atoms with Gasteiger partial charge in [-0.2, -0.15) is 0 Å². The van der Waals surface area contributed by atoms with Crippen molar-refractivity contribution >= 4 is 114 Å². The Morgan fingerprint density at radius 3 is 1.59 bits per heavy atom. The molecule has 0 atom stereocenters. The van der Waals surface area contributed by atoms with Crippen LogP contribution in [0.3, 0.4) is 0 Å². The van der Waals surface area contributed by atoms with E-state index in [0.29, 0.717) is 21.5 Å². The van der Waals surface area contributed by atoms with Crippen LogP contribution in [0.2, 0.25) is 0 Å². The average Bonchev–Trinajstić information content (AvgIpc) is 3.95. The number of carboxylic acids is 1. The largest absolute Gasteiger partial charge is 0.494 e. The molecule has 280 valence electrons. The highest BCUT2D eigenvalue weighted by Crippen LogP contribution is 2.36. The number of para-hydroxylation sites is 1. The number of aromatic nitrogens is 4. The molecule has 0 unspecified atom stereocenters. The van der Waals surface area contributed by atoms with Gasteiger partial charge in [0.05, 0.1) is 72.8 Å². The Kier molecular flexibility index (Phi) is 13.5. The second kappa shape index (κ2) is 18.1. The Balaban J connectivity index is 0.000000139. The molecule has 0 spiro atoms. The number of halogens is 1. The molecule has 4 aromatic heterocycles. The number of nitrogens with zero attached hydrogens (tertiary/aromatic N) is 4. The van der Waals surface area contributed by atoms with Crippen LogP contribution >= 0.6 is 61.3 Å². The summed E-state index contributed by atoms with van der Waals surface area (Å²) in [4.78, 5) is 39.1. The number of aryl methyl sites for hydroxylation is 4. The molecule has 16 heteroatoms. The Bertz CT molecular complexity index is 2600. The zero-order valence-corrected chi connectivity index (χ0v) is 35.3. The van der Waals surface area contributed by atoms with E-state index in [4.69, 9.17) is 24.1 Å². The van der Waals surface area contributed by atoms with Gasteiger partial charge in [0.25, 0.3) is 0 Å². The van der Waals surface area contributed by atoms with Gasteiger partial charge in [-0.25, -0.2) is 24.7 Å². The highest BCUT2D eigenvalue weighted by Gasteiger charge is 2.16. The summed E-state index contributed by atoms with van der Waals surface area (Å²) < 4.78 is 25.7. The molecule has 8 aromatic rings. The third-order valence-electron chi connectivity index (χ3n) is 7.55. The number of hydrogen-bond acceptors (Lipinski definition) is 14. The molecule has 4 heterocycles. The first kappa shape index (κ1) is 40.4. The number of rotatable bonds is 6. The first-order valence-electron chi connectivity index (χ1n) is 16.0. The lowest BCUT2D eigenvalue weighted by atomic mass is 10.2. The van der Waals surface area contributed by atoms with E-state index < -0.39 is 5.97 Å². The number of carbonyl (C=O) groups excluding carboxylic acids is 1. The van der Waals surface area contributed by atoms with Crippen LogP contribution in [0.15, 0.2) is 59.1 Å². The lowest BCUT2D eigenvalue weighted by molar-refractivity contribution is 0.0699. The second-order valence-electron chi connectivity index (χ2n) is 11.1. The minimum Gasteiger partial charge on any atom is -0.494 e. The van der Waals surface area contributed by atoms with Crippen molar-refractivity contribution in [3.8, 4) is 23.0 Å². The molecule has 0 aliphatic carbocycles. The number of carboxylic acid groups (broad SMARTS) is 1. The summed E-state index contributed by atoms with van der Waals surface area (Å²) >= 11 is 9.72. The van der Waals surface area contributed by atoms with E-state index in [9.17, 15) is 9.59 Å². The number of aldehydes is 1. The van der Waals surface area contributed by atoms with Crippen LogP contribution in [0.5, 0.6) is 23.0 Å². The van der Waals surface area contributed by atoms with Crippen molar-refractivity contribution in [3.05, 3.63) is 90.2 Å². The number of carbonyl (C=O) groups is 2. The van der Waals surface area contributed by atoms with Crippen molar-refractivity contribution in [1.29, 1.82) is 0 Å². The van der Waals surface area contributed by atoms with Gasteiger partial charge in [0.1, 0.15) is 45.1 Å². The van der Waals surface area contributed by atoms with E-state index in [-0.39, 0.29) is 5.56 Å². The van der Waals surface area contributed by atoms with Crippen molar-refractivity contribution < 1.29 is 33.6 Å². The molecule has 0 aliphatic heterocycles. The smallest absolute Gasteiger partial charge is 0.337 e. The molecule has 11 nitrogen and oxygen atoms in total. The highest BCUT2D eigenvalue weighted by atomic mass is 79.9. The number of fused-ring (bicyclic) bond motifs is 4. The maximum atomic E-state index is 11.0. The summed E-state index contributed by atoms with van der Waals surface area (Å²) in [5.74, 6) is 2.08. The summed E-state index contributed by atoms with van der Waals surface area (Å²) in [5.41, 5.74) is 4.27. The molecule has 0 saturated carbocycles. The van der Waals surface area contributed by atoms with Gasteiger partial charge in [-0.1, -0.05) is 6.07 Å². The van der Waals surface area contributed by atoms with Crippen LogP contribution in [-0.2, 0) is 0 Å². The van der Waals surface area contributed by atoms with Crippen molar-refractivity contribution in [3.63, 3.8) is 0 Å². The van der Waals surface area contributed by atoms with Crippen molar-refractivity contribution in [2.24, 2.45) is 0 Å². The van der Waals surface area contributed by atoms with Gasteiger partial charge < -0.3 is 24.1 Å². The van der Waals surface area contributed by atoms with Crippen LogP contribution in [0.1, 0.15) is 40.7 Å². The van der Waals surface area contributed by atoms with Crippen molar-refractivity contribution in [2.45, 2.75) is 27.7 Å². The lowest BCUT2D eigenvalue weighted by Crippen LogP contribution is -1.96. The first-order valence-corrected chi connectivity index (χ1v) is 20.0. The summed E-state index contributed by atoms with van der Waals surface area (Å²) in [7, 11) is 6.48. The number of ether oxygens (including phenoxy) is 4. The lowest BCUT2D eigenvalue weighted by Gasteiger charge is -2.01. The molecule has 4 aromatic carbocycles.